The number of aryl methyl sites for hydroxylation is 1. The molecule has 0 saturated heterocycles. The Morgan fingerprint density at radius 1 is 1.41 bits per heavy atom. The Hall–Kier alpha value is -3.10. The fourth-order valence-corrected chi connectivity index (χ4v) is 2.94. The second-order valence-corrected chi connectivity index (χ2v) is 6.94. The van der Waals surface area contributed by atoms with Crippen LogP contribution in [0.1, 0.15) is 32.8 Å². The van der Waals surface area contributed by atoms with Gasteiger partial charge in [-0.15, -0.1) is 10.2 Å². The summed E-state index contributed by atoms with van der Waals surface area (Å²) in [6.45, 7) is 6.82. The normalized spacial score (nSPS) is 19.4. The zero-order chi connectivity index (χ0) is 20.4. The molecule has 0 aliphatic heterocycles. The van der Waals surface area contributed by atoms with Crippen LogP contribution in [0.15, 0.2) is 39.9 Å². The third-order valence-corrected chi connectivity index (χ3v) is 4.36. The van der Waals surface area contributed by atoms with Crippen LogP contribution in [0.4, 0.5) is 11.4 Å². The van der Waals surface area contributed by atoms with Crippen LogP contribution in [0, 0.1) is 28.4 Å². The van der Waals surface area contributed by atoms with E-state index in [0.29, 0.717) is 5.56 Å². The lowest BCUT2D eigenvalue weighted by Gasteiger charge is -2.35. The van der Waals surface area contributed by atoms with E-state index < -0.39 is 33.8 Å². The number of Topliss-reactive ketones (excluding diaryl/α,β-unsaturated/α-hetero) is 1. The largest absolute Gasteiger partial charge is 0.509 e. The number of hydrogen-bond donors (Lipinski definition) is 1. The minimum Gasteiger partial charge on any atom is -0.509 e. The highest BCUT2D eigenvalue weighted by Crippen LogP contribution is 2.42. The number of aliphatic hydroxyl groups is 1. The molecule has 27 heavy (non-hydrogen) atoms. The minimum atomic E-state index is -1.05. The summed E-state index contributed by atoms with van der Waals surface area (Å²) in [6, 6.07) is 4.06. The van der Waals surface area contributed by atoms with Crippen molar-refractivity contribution in [1.29, 1.82) is 0 Å². The van der Waals surface area contributed by atoms with Crippen molar-refractivity contribution in [3.8, 4) is 0 Å². The zero-order valence-electron chi connectivity index (χ0n) is 15.6. The van der Waals surface area contributed by atoms with E-state index in [-0.39, 0.29) is 30.1 Å². The first-order valence-electron chi connectivity index (χ1n) is 8.38. The molecule has 144 valence electrons. The van der Waals surface area contributed by atoms with Gasteiger partial charge in [0.05, 0.1) is 17.2 Å². The molecular formula is C18H21N3O6. The van der Waals surface area contributed by atoms with Gasteiger partial charge in [0.15, 0.2) is 11.5 Å². The lowest BCUT2D eigenvalue weighted by Crippen LogP contribution is -2.40. The highest BCUT2D eigenvalue weighted by molar-refractivity contribution is 5.99. The zero-order valence-corrected chi connectivity index (χ0v) is 15.6. The summed E-state index contributed by atoms with van der Waals surface area (Å²) in [7, 11) is 0. The number of aliphatic hydroxyl groups excluding tert-OH is 1. The number of carbonyl (C=O) groups excluding carboxylic acids is 2. The Labute approximate surface area is 155 Å². The van der Waals surface area contributed by atoms with E-state index >= 15 is 0 Å². The number of nitro groups is 1. The number of nitro benzene ring substituents is 1. The number of azo groups is 1. The molecule has 1 aromatic carbocycles. The van der Waals surface area contributed by atoms with Gasteiger partial charge in [0.25, 0.3) is 5.69 Å². The van der Waals surface area contributed by atoms with Crippen LogP contribution >= 0.6 is 0 Å². The molecule has 1 N–H and O–H groups in total. The van der Waals surface area contributed by atoms with Crippen LogP contribution in [0.2, 0.25) is 0 Å². The molecular weight excluding hydrogens is 354 g/mol. The van der Waals surface area contributed by atoms with Gasteiger partial charge in [0, 0.05) is 18.6 Å². The van der Waals surface area contributed by atoms with Crippen molar-refractivity contribution in [2.45, 2.75) is 34.1 Å². The number of ether oxygens (including phenoxy) is 1. The van der Waals surface area contributed by atoms with Crippen molar-refractivity contribution < 1.29 is 24.4 Å². The molecule has 1 unspecified atom stereocenters. The van der Waals surface area contributed by atoms with Crippen LogP contribution in [0.3, 0.4) is 0 Å². The Morgan fingerprint density at radius 2 is 2.07 bits per heavy atom. The first kappa shape index (κ1) is 20.2. The monoisotopic (exact) mass is 375 g/mol. The van der Waals surface area contributed by atoms with Crippen molar-refractivity contribution in [3.63, 3.8) is 0 Å². The highest BCUT2D eigenvalue weighted by Gasteiger charge is 2.47. The van der Waals surface area contributed by atoms with Crippen LogP contribution in [-0.2, 0) is 14.3 Å². The summed E-state index contributed by atoms with van der Waals surface area (Å²) in [5.74, 6) is -2.66. The second-order valence-electron chi connectivity index (χ2n) is 6.94. The summed E-state index contributed by atoms with van der Waals surface area (Å²) >= 11 is 0. The third-order valence-electron chi connectivity index (χ3n) is 4.36. The summed E-state index contributed by atoms with van der Waals surface area (Å²) in [6.07, 6.45) is -0.0250. The fraction of sp³-hybridized carbons (Fsp3) is 0.444. The molecule has 1 aliphatic rings. The predicted octanol–water partition coefficient (Wildman–Crippen LogP) is 3.93. The first-order valence-corrected chi connectivity index (χ1v) is 8.38. The number of ketones is 1. The van der Waals surface area contributed by atoms with Gasteiger partial charge in [-0.2, -0.15) is 0 Å². The van der Waals surface area contributed by atoms with E-state index in [1.165, 1.54) is 18.2 Å². The van der Waals surface area contributed by atoms with E-state index in [2.05, 4.69) is 10.2 Å². The molecule has 0 bridgehead atoms. The third kappa shape index (κ3) is 4.18. The summed E-state index contributed by atoms with van der Waals surface area (Å²) < 4.78 is 5.00. The predicted molar refractivity (Wildman–Crippen MR) is 95.5 cm³/mol. The summed E-state index contributed by atoms with van der Waals surface area (Å²) in [5, 5.41) is 29.1. The van der Waals surface area contributed by atoms with Gasteiger partial charge in [-0.1, -0.05) is 19.9 Å². The number of esters is 1. The summed E-state index contributed by atoms with van der Waals surface area (Å²) in [4.78, 5) is 35.0. The summed E-state index contributed by atoms with van der Waals surface area (Å²) in [5.41, 5.74) is -0.551. The molecule has 0 heterocycles. The van der Waals surface area contributed by atoms with Crippen molar-refractivity contribution >= 4 is 23.1 Å². The van der Waals surface area contributed by atoms with Crippen LogP contribution in [0.25, 0.3) is 0 Å². The first-order chi connectivity index (χ1) is 12.6. The van der Waals surface area contributed by atoms with Gasteiger partial charge in [-0.25, -0.2) is 0 Å². The number of rotatable bonds is 5. The second kappa shape index (κ2) is 7.65. The molecule has 0 aromatic heterocycles. The number of non-ortho nitro benzene ring substituents is 1. The number of nitrogens with zero attached hydrogens (tertiary/aromatic N) is 3. The standard InChI is InChI=1S/C18H21N3O6/c1-5-27-17(24)14-16(23)15(13(22)9-18(14,3)4)20-19-12-8-11(21(25)26)7-6-10(12)2/h6-8,14,23H,5,9H2,1-4H3/b20-19+. The smallest absolute Gasteiger partial charge is 0.317 e. The van der Waals surface area contributed by atoms with Crippen LogP contribution in [0.5, 0.6) is 0 Å². The van der Waals surface area contributed by atoms with E-state index in [9.17, 15) is 24.8 Å². The van der Waals surface area contributed by atoms with Gasteiger partial charge in [0.2, 0.25) is 0 Å². The van der Waals surface area contributed by atoms with Crippen LogP contribution in [-0.4, -0.2) is 28.4 Å². The maximum absolute atomic E-state index is 12.4. The van der Waals surface area contributed by atoms with Gasteiger partial charge in [0.1, 0.15) is 11.7 Å². The Balaban J connectivity index is 2.47. The maximum atomic E-state index is 12.4. The topological polar surface area (TPSA) is 131 Å². The number of allylic oxidation sites excluding steroid dienone is 1. The van der Waals surface area contributed by atoms with Crippen molar-refractivity contribution in [2.75, 3.05) is 6.61 Å². The van der Waals surface area contributed by atoms with Crippen molar-refractivity contribution in [1.82, 2.24) is 0 Å². The van der Waals surface area contributed by atoms with Gasteiger partial charge < -0.3 is 9.84 Å². The van der Waals surface area contributed by atoms with E-state index in [0.717, 1.165) is 0 Å². The Kier molecular flexibility index (Phi) is 5.72. The van der Waals surface area contributed by atoms with Gasteiger partial charge in [-0.05, 0) is 24.8 Å². The van der Waals surface area contributed by atoms with Crippen molar-refractivity contribution in [2.24, 2.45) is 21.6 Å². The molecule has 1 aromatic rings. The highest BCUT2D eigenvalue weighted by atomic mass is 16.6. The van der Waals surface area contributed by atoms with E-state index in [1.54, 1.807) is 27.7 Å². The minimum absolute atomic E-state index is 0.0250. The SMILES string of the molecule is CCOC(=O)C1C(O)=C(/N=N/c2cc([N+](=O)[O-])ccc2C)C(=O)CC1(C)C. The molecule has 0 amide bonds. The van der Waals surface area contributed by atoms with E-state index in [1.807, 2.05) is 0 Å². The maximum Gasteiger partial charge on any atom is 0.317 e. The van der Waals surface area contributed by atoms with Gasteiger partial charge in [-0.3, -0.25) is 19.7 Å². The molecule has 0 saturated carbocycles. The quantitative estimate of drug-likeness (QED) is 0.359. The fourth-order valence-electron chi connectivity index (χ4n) is 2.94. The molecule has 0 radical (unpaired) electrons. The molecule has 9 heteroatoms. The lowest BCUT2D eigenvalue weighted by atomic mass is 9.70. The van der Waals surface area contributed by atoms with Crippen molar-refractivity contribution in [3.05, 3.63) is 45.3 Å². The molecule has 2 rings (SSSR count). The number of hydrogen-bond acceptors (Lipinski definition) is 8. The van der Waals surface area contributed by atoms with E-state index in [4.69, 9.17) is 4.74 Å². The average Bonchev–Trinajstić information content (AvgIpc) is 2.54. The van der Waals surface area contributed by atoms with Crippen LogP contribution < -0.4 is 0 Å². The number of benzene rings is 1. The molecule has 0 spiro atoms. The molecule has 0 fully saturated rings. The van der Waals surface area contributed by atoms with Gasteiger partial charge >= 0.3 is 5.97 Å². The average molecular weight is 375 g/mol. The molecule has 1 atom stereocenters. The Morgan fingerprint density at radius 3 is 2.67 bits per heavy atom. The lowest BCUT2D eigenvalue weighted by molar-refractivity contribution is -0.384. The molecule has 1 aliphatic carbocycles. The Bertz CT molecular complexity index is 857. The molecule has 9 nitrogen and oxygen atoms in total. The number of carbonyl (C=O) groups is 2.